The van der Waals surface area contributed by atoms with Crippen molar-refractivity contribution < 1.29 is 0 Å². The Balaban J connectivity index is 1.82. The fourth-order valence-corrected chi connectivity index (χ4v) is 2.70. The van der Waals surface area contributed by atoms with E-state index < -0.39 is 0 Å². The third kappa shape index (κ3) is 2.18. The van der Waals surface area contributed by atoms with Crippen molar-refractivity contribution in [3.8, 4) is 11.4 Å². The van der Waals surface area contributed by atoms with Gasteiger partial charge in [-0.2, -0.15) is 0 Å². The summed E-state index contributed by atoms with van der Waals surface area (Å²) in [4.78, 5) is 4.38. The maximum Gasteiger partial charge on any atom is 0.139 e. The first-order valence-corrected chi connectivity index (χ1v) is 6.63. The molecular formula is C15H19N3. The molecule has 1 aliphatic heterocycles. The van der Waals surface area contributed by atoms with Gasteiger partial charge in [0.25, 0.3) is 0 Å². The van der Waals surface area contributed by atoms with E-state index in [-0.39, 0.29) is 0 Å². The van der Waals surface area contributed by atoms with E-state index in [1.165, 1.54) is 24.0 Å². The van der Waals surface area contributed by atoms with E-state index >= 15 is 0 Å². The van der Waals surface area contributed by atoms with Gasteiger partial charge in [0, 0.05) is 25.0 Å². The lowest BCUT2D eigenvalue weighted by atomic mass is 9.90. The minimum atomic E-state index is 0.724. The molecule has 0 atom stereocenters. The molecule has 0 amide bonds. The SMILES string of the molecule is Cn1ccnc1-c1ccc(C2CCNCC2)cc1. The van der Waals surface area contributed by atoms with Gasteiger partial charge < -0.3 is 9.88 Å². The van der Waals surface area contributed by atoms with Gasteiger partial charge in [0.2, 0.25) is 0 Å². The zero-order valence-electron chi connectivity index (χ0n) is 10.8. The van der Waals surface area contributed by atoms with Crippen LogP contribution < -0.4 is 5.32 Å². The number of rotatable bonds is 2. The van der Waals surface area contributed by atoms with E-state index in [1.807, 2.05) is 19.4 Å². The van der Waals surface area contributed by atoms with Gasteiger partial charge in [0.15, 0.2) is 0 Å². The summed E-state index contributed by atoms with van der Waals surface area (Å²) < 4.78 is 2.06. The molecule has 0 saturated carbocycles. The number of imidazole rings is 1. The Morgan fingerprint density at radius 2 is 1.89 bits per heavy atom. The molecule has 0 unspecified atom stereocenters. The summed E-state index contributed by atoms with van der Waals surface area (Å²) >= 11 is 0. The minimum Gasteiger partial charge on any atom is -0.334 e. The van der Waals surface area contributed by atoms with Crippen LogP contribution in [-0.2, 0) is 7.05 Å². The number of aromatic nitrogens is 2. The highest BCUT2D eigenvalue weighted by molar-refractivity contribution is 5.56. The topological polar surface area (TPSA) is 29.9 Å². The molecule has 3 rings (SSSR count). The van der Waals surface area contributed by atoms with E-state index in [2.05, 4.69) is 39.1 Å². The number of nitrogens with zero attached hydrogens (tertiary/aromatic N) is 2. The molecule has 1 aliphatic rings. The fraction of sp³-hybridized carbons (Fsp3) is 0.400. The van der Waals surface area contributed by atoms with Gasteiger partial charge in [-0.05, 0) is 37.4 Å². The van der Waals surface area contributed by atoms with Crippen LogP contribution in [0.25, 0.3) is 11.4 Å². The third-order valence-electron chi connectivity index (χ3n) is 3.80. The van der Waals surface area contributed by atoms with Crippen LogP contribution in [0.3, 0.4) is 0 Å². The standard InChI is InChI=1S/C15H19N3/c1-18-11-10-17-15(18)14-4-2-12(3-5-14)13-6-8-16-9-7-13/h2-5,10-11,13,16H,6-9H2,1H3. The maximum atomic E-state index is 4.38. The number of hydrogen-bond donors (Lipinski definition) is 1. The summed E-state index contributed by atoms with van der Waals surface area (Å²) in [5, 5.41) is 3.41. The van der Waals surface area contributed by atoms with Crippen LogP contribution in [0, 0.1) is 0 Å². The van der Waals surface area contributed by atoms with Crippen molar-refractivity contribution in [2.75, 3.05) is 13.1 Å². The van der Waals surface area contributed by atoms with Crippen LogP contribution in [0.1, 0.15) is 24.3 Å². The number of benzene rings is 1. The van der Waals surface area contributed by atoms with Gasteiger partial charge >= 0.3 is 0 Å². The Labute approximate surface area is 108 Å². The number of aryl methyl sites for hydroxylation is 1. The zero-order valence-corrected chi connectivity index (χ0v) is 10.8. The quantitative estimate of drug-likeness (QED) is 0.875. The van der Waals surface area contributed by atoms with Gasteiger partial charge in [-0.3, -0.25) is 0 Å². The van der Waals surface area contributed by atoms with Crippen molar-refractivity contribution in [3.63, 3.8) is 0 Å². The first-order chi connectivity index (χ1) is 8.84. The second kappa shape index (κ2) is 4.94. The molecule has 1 saturated heterocycles. The predicted octanol–water partition coefficient (Wildman–Crippen LogP) is 2.55. The summed E-state index contributed by atoms with van der Waals surface area (Å²) in [6.07, 6.45) is 6.33. The first kappa shape index (κ1) is 11.5. The van der Waals surface area contributed by atoms with Gasteiger partial charge in [-0.1, -0.05) is 24.3 Å². The lowest BCUT2D eigenvalue weighted by Gasteiger charge is -2.23. The lowest BCUT2D eigenvalue weighted by molar-refractivity contribution is 0.460. The summed E-state index contributed by atoms with van der Waals surface area (Å²) in [5.74, 6) is 1.76. The normalized spacial score (nSPS) is 16.9. The van der Waals surface area contributed by atoms with Crippen molar-refractivity contribution in [3.05, 3.63) is 42.2 Å². The maximum absolute atomic E-state index is 4.38. The van der Waals surface area contributed by atoms with Gasteiger partial charge in [-0.15, -0.1) is 0 Å². The Morgan fingerprint density at radius 1 is 1.17 bits per heavy atom. The minimum absolute atomic E-state index is 0.724. The van der Waals surface area contributed by atoms with Crippen molar-refractivity contribution in [2.24, 2.45) is 7.05 Å². The summed E-state index contributed by atoms with van der Waals surface area (Å²) in [5.41, 5.74) is 2.66. The Morgan fingerprint density at radius 3 is 2.50 bits per heavy atom. The fourth-order valence-electron chi connectivity index (χ4n) is 2.70. The molecular weight excluding hydrogens is 222 g/mol. The highest BCUT2D eigenvalue weighted by Crippen LogP contribution is 2.27. The molecule has 2 aromatic rings. The van der Waals surface area contributed by atoms with E-state index in [1.54, 1.807) is 0 Å². The van der Waals surface area contributed by atoms with Crippen LogP contribution in [0.5, 0.6) is 0 Å². The second-order valence-corrected chi connectivity index (χ2v) is 5.01. The molecule has 0 radical (unpaired) electrons. The molecule has 2 heterocycles. The second-order valence-electron chi connectivity index (χ2n) is 5.01. The molecule has 1 fully saturated rings. The van der Waals surface area contributed by atoms with Crippen molar-refractivity contribution >= 4 is 0 Å². The molecule has 3 nitrogen and oxygen atoms in total. The van der Waals surface area contributed by atoms with Crippen molar-refractivity contribution in [1.29, 1.82) is 0 Å². The van der Waals surface area contributed by atoms with E-state index in [0.29, 0.717) is 0 Å². The van der Waals surface area contributed by atoms with Gasteiger partial charge in [-0.25, -0.2) is 4.98 Å². The van der Waals surface area contributed by atoms with Crippen molar-refractivity contribution in [2.45, 2.75) is 18.8 Å². The third-order valence-corrected chi connectivity index (χ3v) is 3.80. The number of nitrogens with one attached hydrogen (secondary N) is 1. The van der Waals surface area contributed by atoms with Crippen LogP contribution >= 0.6 is 0 Å². The Bertz CT molecular complexity index is 507. The average molecular weight is 241 g/mol. The molecule has 0 spiro atoms. The summed E-state index contributed by atoms with van der Waals surface area (Å²) in [6.45, 7) is 2.29. The zero-order chi connectivity index (χ0) is 12.4. The molecule has 18 heavy (non-hydrogen) atoms. The van der Waals surface area contributed by atoms with Crippen LogP contribution in [0.4, 0.5) is 0 Å². The van der Waals surface area contributed by atoms with Crippen LogP contribution in [0.2, 0.25) is 0 Å². The molecule has 0 aliphatic carbocycles. The smallest absolute Gasteiger partial charge is 0.139 e. The van der Waals surface area contributed by atoms with E-state index in [4.69, 9.17) is 0 Å². The molecule has 1 aromatic carbocycles. The number of hydrogen-bond acceptors (Lipinski definition) is 2. The van der Waals surface area contributed by atoms with E-state index in [9.17, 15) is 0 Å². The highest BCUT2D eigenvalue weighted by Gasteiger charge is 2.15. The Hall–Kier alpha value is -1.61. The Kier molecular flexibility index (Phi) is 3.15. The average Bonchev–Trinajstić information content (AvgIpc) is 2.86. The summed E-state index contributed by atoms with van der Waals surface area (Å²) in [6, 6.07) is 8.92. The van der Waals surface area contributed by atoms with Gasteiger partial charge in [0.05, 0.1) is 0 Å². The van der Waals surface area contributed by atoms with E-state index in [0.717, 1.165) is 24.8 Å². The lowest BCUT2D eigenvalue weighted by Crippen LogP contribution is -2.26. The first-order valence-electron chi connectivity index (χ1n) is 6.63. The summed E-state index contributed by atoms with van der Waals surface area (Å²) in [7, 11) is 2.03. The highest BCUT2D eigenvalue weighted by atomic mass is 15.0. The largest absolute Gasteiger partial charge is 0.334 e. The van der Waals surface area contributed by atoms with Gasteiger partial charge in [0.1, 0.15) is 5.82 Å². The molecule has 1 aromatic heterocycles. The van der Waals surface area contributed by atoms with Crippen LogP contribution in [-0.4, -0.2) is 22.6 Å². The molecule has 3 heteroatoms. The monoisotopic (exact) mass is 241 g/mol. The predicted molar refractivity (Wildman–Crippen MR) is 73.5 cm³/mol. The molecule has 1 N–H and O–H groups in total. The molecule has 0 bridgehead atoms. The number of piperidine rings is 1. The van der Waals surface area contributed by atoms with Crippen molar-refractivity contribution in [1.82, 2.24) is 14.9 Å². The van der Waals surface area contributed by atoms with Crippen LogP contribution in [0.15, 0.2) is 36.7 Å². The molecule has 94 valence electrons.